The second kappa shape index (κ2) is 18.7. The molecule has 1 unspecified atom stereocenters. The van der Waals surface area contributed by atoms with Gasteiger partial charge in [-0.25, -0.2) is 13.5 Å². The molecule has 5 rings (SSSR count). The minimum Gasteiger partial charge on any atom is -0.373 e. The van der Waals surface area contributed by atoms with Gasteiger partial charge in [-0.1, -0.05) is 44.2 Å². The number of anilines is 1. The third-order valence-electron chi connectivity index (χ3n) is 5.86. The number of carbonyl (C=O) groups excluding carboxylic acids is 1. The van der Waals surface area contributed by atoms with Crippen molar-refractivity contribution in [2.45, 2.75) is 33.2 Å². The number of hydrogen-bond acceptors (Lipinski definition) is 5. The lowest BCUT2D eigenvalue weighted by Crippen LogP contribution is -2.29. The molecular weight excluding hydrogens is 524 g/mol. The van der Waals surface area contributed by atoms with E-state index < -0.39 is 11.6 Å². The van der Waals surface area contributed by atoms with Crippen molar-refractivity contribution in [1.82, 2.24) is 29.8 Å². The normalized spacial score (nSPS) is 13.5. The second-order valence-corrected chi connectivity index (χ2v) is 8.67. The van der Waals surface area contributed by atoms with Gasteiger partial charge in [0.2, 0.25) is 6.41 Å². The van der Waals surface area contributed by atoms with E-state index in [1.54, 1.807) is 4.68 Å². The smallest absolute Gasteiger partial charge is 0.207 e. The minimum absolute atomic E-state index is 0.396. The summed E-state index contributed by atoms with van der Waals surface area (Å²) in [6, 6.07) is 15.5. The third kappa shape index (κ3) is 10.5. The number of amides is 1. The standard InChI is InChI=1S/C15H17N5.C6H4F2.C6H12N2O.C2H6.C2H2/c1-11-14(12-9-17-19(3)10-12)18-20(15(11)16-2)13-7-5-4-6-8-13;7-5-3-1-2-4-6(5)8;1-8-3-2-6(4-8)7-5-9;2*1-2/h4-10,16H,1-3H3;1-4H;5-6H,2-4H2,1H3,(H,7,9);1-2H3;1-2H. The first-order chi connectivity index (χ1) is 19.8. The summed E-state index contributed by atoms with van der Waals surface area (Å²) >= 11 is 0. The number of likely N-dealkylation sites (N-methyl/N-ethyl adjacent to an activating group) is 1. The number of carbonyl (C=O) groups is 1. The lowest BCUT2D eigenvalue weighted by molar-refractivity contribution is -0.110. The number of rotatable bonds is 5. The highest BCUT2D eigenvalue weighted by molar-refractivity contribution is 5.69. The van der Waals surface area contributed by atoms with Gasteiger partial charge in [0.05, 0.1) is 11.9 Å². The number of nitrogens with one attached hydrogen (secondary N) is 2. The van der Waals surface area contributed by atoms with Crippen LogP contribution < -0.4 is 10.6 Å². The second-order valence-electron chi connectivity index (χ2n) is 8.67. The first-order valence-electron chi connectivity index (χ1n) is 13.3. The van der Waals surface area contributed by atoms with E-state index in [1.807, 2.05) is 75.4 Å². The molecule has 0 saturated carbocycles. The highest BCUT2D eigenvalue weighted by Gasteiger charge is 2.18. The average molecular weight is 566 g/mol. The molecule has 2 aromatic heterocycles. The number of aryl methyl sites for hydroxylation is 1. The van der Waals surface area contributed by atoms with Crippen molar-refractivity contribution in [1.29, 1.82) is 0 Å². The SMILES string of the molecule is C#C.CC.CN1CCC(NC=O)C1.CNc1c(C)c(-c2cnn(C)c2)nn1-c1ccccc1.Fc1ccccc1F. The number of hydrogen-bond donors (Lipinski definition) is 2. The summed E-state index contributed by atoms with van der Waals surface area (Å²) in [5.41, 5.74) is 4.13. The van der Waals surface area contributed by atoms with Crippen LogP contribution in [0, 0.1) is 31.4 Å². The zero-order valence-electron chi connectivity index (χ0n) is 24.7. The Labute approximate surface area is 242 Å². The molecule has 220 valence electrons. The first kappa shape index (κ1) is 34.5. The monoisotopic (exact) mass is 565 g/mol. The van der Waals surface area contributed by atoms with E-state index in [4.69, 9.17) is 5.10 Å². The molecule has 1 aliphatic heterocycles. The maximum Gasteiger partial charge on any atom is 0.207 e. The minimum atomic E-state index is -0.799. The number of terminal acetylenes is 1. The van der Waals surface area contributed by atoms with Gasteiger partial charge in [0.15, 0.2) is 11.6 Å². The van der Waals surface area contributed by atoms with E-state index in [0.29, 0.717) is 6.04 Å². The molecule has 2 aromatic carbocycles. The maximum atomic E-state index is 11.9. The van der Waals surface area contributed by atoms with E-state index >= 15 is 0 Å². The van der Waals surface area contributed by atoms with Crippen LogP contribution >= 0.6 is 0 Å². The predicted molar refractivity (Wildman–Crippen MR) is 163 cm³/mol. The summed E-state index contributed by atoms with van der Waals surface area (Å²) in [4.78, 5) is 12.1. The van der Waals surface area contributed by atoms with E-state index in [9.17, 15) is 13.6 Å². The molecule has 1 amide bonds. The van der Waals surface area contributed by atoms with Crippen molar-refractivity contribution in [3.05, 3.63) is 84.2 Å². The molecule has 41 heavy (non-hydrogen) atoms. The zero-order valence-corrected chi connectivity index (χ0v) is 24.7. The summed E-state index contributed by atoms with van der Waals surface area (Å²) in [6.45, 7) is 8.17. The van der Waals surface area contributed by atoms with Crippen LogP contribution in [-0.2, 0) is 11.8 Å². The highest BCUT2D eigenvalue weighted by Crippen LogP contribution is 2.29. The number of para-hydroxylation sites is 1. The Morgan fingerprint density at radius 1 is 1.00 bits per heavy atom. The molecule has 1 saturated heterocycles. The molecule has 1 atom stereocenters. The van der Waals surface area contributed by atoms with Crippen molar-refractivity contribution in [2.24, 2.45) is 7.05 Å². The lowest BCUT2D eigenvalue weighted by atomic mass is 10.1. The third-order valence-corrected chi connectivity index (χ3v) is 5.86. The Morgan fingerprint density at radius 3 is 2.02 bits per heavy atom. The number of likely N-dealkylation sites (tertiary alicyclic amines) is 1. The zero-order chi connectivity index (χ0) is 30.8. The molecule has 4 aromatic rings. The van der Waals surface area contributed by atoms with Crippen LogP contribution in [0.5, 0.6) is 0 Å². The van der Waals surface area contributed by atoms with Crippen molar-refractivity contribution < 1.29 is 13.6 Å². The fraction of sp³-hybridized carbons (Fsp3) is 0.323. The quantitative estimate of drug-likeness (QED) is 0.254. The largest absolute Gasteiger partial charge is 0.373 e. The van der Waals surface area contributed by atoms with E-state index in [1.165, 1.54) is 12.1 Å². The van der Waals surface area contributed by atoms with Gasteiger partial charge in [-0.2, -0.15) is 10.2 Å². The maximum absolute atomic E-state index is 11.9. The fourth-order valence-corrected chi connectivity index (χ4v) is 3.97. The Hall–Kier alpha value is -4.49. The van der Waals surface area contributed by atoms with Gasteiger partial charge in [-0.05, 0) is 51.2 Å². The van der Waals surface area contributed by atoms with Crippen LogP contribution in [0.3, 0.4) is 0 Å². The summed E-state index contributed by atoms with van der Waals surface area (Å²) in [5.74, 6) is -0.602. The molecule has 0 aliphatic carbocycles. The predicted octanol–water partition coefficient (Wildman–Crippen LogP) is 5.30. The Balaban J connectivity index is 0.000000333. The molecule has 1 aliphatic rings. The number of aromatic nitrogens is 4. The van der Waals surface area contributed by atoms with Crippen LogP contribution in [0.2, 0.25) is 0 Å². The van der Waals surface area contributed by atoms with E-state index in [0.717, 1.165) is 66.4 Å². The molecule has 2 N–H and O–H groups in total. The van der Waals surface area contributed by atoms with Gasteiger partial charge in [-0.15, -0.1) is 12.8 Å². The Bertz CT molecular complexity index is 1300. The fourth-order valence-electron chi connectivity index (χ4n) is 3.97. The van der Waals surface area contributed by atoms with Gasteiger partial charge in [0.25, 0.3) is 0 Å². The molecular formula is C31H41F2N7O. The van der Waals surface area contributed by atoms with Crippen LogP contribution in [0.4, 0.5) is 14.6 Å². The molecule has 3 heterocycles. The molecule has 10 heteroatoms. The van der Waals surface area contributed by atoms with E-state index in [2.05, 4.69) is 47.5 Å². The van der Waals surface area contributed by atoms with Crippen molar-refractivity contribution in [2.75, 3.05) is 32.5 Å². The van der Waals surface area contributed by atoms with Gasteiger partial charge in [0.1, 0.15) is 11.5 Å². The molecule has 0 bridgehead atoms. The number of halogens is 2. The van der Waals surface area contributed by atoms with Crippen LogP contribution in [0.25, 0.3) is 16.9 Å². The van der Waals surface area contributed by atoms with Gasteiger partial charge < -0.3 is 15.5 Å². The highest BCUT2D eigenvalue weighted by atomic mass is 19.2. The van der Waals surface area contributed by atoms with Crippen LogP contribution in [0.15, 0.2) is 67.0 Å². The van der Waals surface area contributed by atoms with Crippen molar-refractivity contribution in [3.8, 4) is 29.8 Å². The summed E-state index contributed by atoms with van der Waals surface area (Å²) < 4.78 is 27.6. The number of benzene rings is 2. The topological polar surface area (TPSA) is 80.0 Å². The average Bonchev–Trinajstić information content (AvgIpc) is 3.71. The Morgan fingerprint density at radius 2 is 1.59 bits per heavy atom. The van der Waals surface area contributed by atoms with E-state index in [-0.39, 0.29) is 0 Å². The van der Waals surface area contributed by atoms with Gasteiger partial charge >= 0.3 is 0 Å². The lowest BCUT2D eigenvalue weighted by Gasteiger charge is -2.07. The van der Waals surface area contributed by atoms with Crippen molar-refractivity contribution >= 4 is 12.2 Å². The first-order valence-corrected chi connectivity index (χ1v) is 13.3. The number of nitrogens with zero attached hydrogens (tertiary/aromatic N) is 5. The summed E-state index contributed by atoms with van der Waals surface area (Å²) in [7, 11) is 5.88. The molecule has 8 nitrogen and oxygen atoms in total. The van der Waals surface area contributed by atoms with Crippen LogP contribution in [-0.4, -0.2) is 64.1 Å². The van der Waals surface area contributed by atoms with Gasteiger partial charge in [0, 0.05) is 44.0 Å². The Kier molecular flexibility index (Phi) is 15.8. The molecule has 1 fully saturated rings. The molecule has 0 spiro atoms. The van der Waals surface area contributed by atoms with Crippen molar-refractivity contribution in [3.63, 3.8) is 0 Å². The summed E-state index contributed by atoms with van der Waals surface area (Å²) in [5, 5.41) is 14.9. The molecule has 0 radical (unpaired) electrons. The van der Waals surface area contributed by atoms with Crippen LogP contribution in [0.1, 0.15) is 25.8 Å². The summed E-state index contributed by atoms with van der Waals surface area (Å²) in [6.07, 6.45) is 13.7. The van der Waals surface area contributed by atoms with Gasteiger partial charge in [-0.3, -0.25) is 9.48 Å².